The van der Waals surface area contributed by atoms with Gasteiger partial charge in [0.1, 0.15) is 0 Å². The Balaban J connectivity index is 1.42. The predicted octanol–water partition coefficient (Wildman–Crippen LogP) is 3.40. The number of pyridine rings is 1. The summed E-state index contributed by atoms with van der Waals surface area (Å²) in [4.78, 5) is 6.14. The van der Waals surface area contributed by atoms with E-state index in [4.69, 9.17) is 4.42 Å². The first kappa shape index (κ1) is 15.8. The molecule has 128 valence electrons. The Morgan fingerprint density at radius 2 is 1.92 bits per heavy atom. The molecule has 1 aliphatic heterocycles. The Labute approximate surface area is 143 Å². The molecule has 0 bridgehead atoms. The summed E-state index contributed by atoms with van der Waals surface area (Å²) < 4.78 is 32.1. The average molecular weight is 342 g/mol. The van der Waals surface area contributed by atoms with Crippen LogP contribution in [0.15, 0.2) is 47.1 Å². The first-order valence-electron chi connectivity index (χ1n) is 8.09. The lowest BCUT2D eigenvalue weighted by Gasteiger charge is -2.15. The standard InChI is InChI=1S/C18H16F2N4O/c19-15-2-1-12(9-16(15)20)10-24-8-5-14(11-24)18-23-22-17(25-18)13-3-6-21-7-4-13/h1-4,6-7,9,14H,5,8,10-11H2/t14-/m0/s1. The summed E-state index contributed by atoms with van der Waals surface area (Å²) in [5.41, 5.74) is 1.59. The van der Waals surface area contributed by atoms with Crippen LogP contribution in [0.4, 0.5) is 8.78 Å². The molecule has 1 aliphatic rings. The molecule has 1 aromatic carbocycles. The van der Waals surface area contributed by atoms with Gasteiger partial charge in [0, 0.05) is 31.0 Å². The number of hydrogen-bond acceptors (Lipinski definition) is 5. The van der Waals surface area contributed by atoms with Crippen LogP contribution in [0.1, 0.15) is 23.8 Å². The fraction of sp³-hybridized carbons (Fsp3) is 0.278. The Kier molecular flexibility index (Phi) is 4.23. The zero-order valence-corrected chi connectivity index (χ0v) is 13.4. The van der Waals surface area contributed by atoms with E-state index in [1.807, 2.05) is 12.1 Å². The van der Waals surface area contributed by atoms with Crippen LogP contribution in [0, 0.1) is 11.6 Å². The van der Waals surface area contributed by atoms with Gasteiger partial charge in [-0.25, -0.2) is 8.78 Å². The average Bonchev–Trinajstić information content (AvgIpc) is 3.28. The topological polar surface area (TPSA) is 55.1 Å². The van der Waals surface area contributed by atoms with Crippen molar-refractivity contribution in [3.8, 4) is 11.5 Å². The van der Waals surface area contributed by atoms with Gasteiger partial charge in [0.25, 0.3) is 0 Å². The molecule has 0 radical (unpaired) electrons. The van der Waals surface area contributed by atoms with Crippen molar-refractivity contribution in [1.82, 2.24) is 20.1 Å². The molecular formula is C18H16F2N4O. The van der Waals surface area contributed by atoms with Gasteiger partial charge in [0.15, 0.2) is 11.6 Å². The van der Waals surface area contributed by atoms with Crippen LogP contribution < -0.4 is 0 Å². The van der Waals surface area contributed by atoms with Crippen LogP contribution >= 0.6 is 0 Å². The van der Waals surface area contributed by atoms with E-state index in [1.54, 1.807) is 18.5 Å². The highest BCUT2D eigenvalue weighted by Crippen LogP contribution is 2.29. The number of nitrogens with zero attached hydrogens (tertiary/aromatic N) is 4. The minimum absolute atomic E-state index is 0.147. The lowest BCUT2D eigenvalue weighted by Crippen LogP contribution is -2.20. The maximum Gasteiger partial charge on any atom is 0.247 e. The molecule has 0 amide bonds. The fourth-order valence-corrected chi connectivity index (χ4v) is 3.08. The van der Waals surface area contributed by atoms with E-state index in [-0.39, 0.29) is 5.92 Å². The molecule has 0 unspecified atom stereocenters. The van der Waals surface area contributed by atoms with E-state index in [0.717, 1.165) is 36.7 Å². The van der Waals surface area contributed by atoms with Crippen molar-refractivity contribution in [2.24, 2.45) is 0 Å². The zero-order valence-electron chi connectivity index (χ0n) is 13.4. The summed E-state index contributed by atoms with van der Waals surface area (Å²) in [7, 11) is 0. The quantitative estimate of drug-likeness (QED) is 0.727. The highest BCUT2D eigenvalue weighted by atomic mass is 19.2. The smallest absolute Gasteiger partial charge is 0.247 e. The molecule has 0 spiro atoms. The first-order chi connectivity index (χ1) is 12.2. The maximum absolute atomic E-state index is 13.3. The Hall–Kier alpha value is -2.67. The summed E-state index contributed by atoms with van der Waals surface area (Å²) in [6.07, 6.45) is 4.25. The molecule has 25 heavy (non-hydrogen) atoms. The van der Waals surface area contributed by atoms with Crippen molar-refractivity contribution in [1.29, 1.82) is 0 Å². The monoisotopic (exact) mass is 342 g/mol. The largest absolute Gasteiger partial charge is 0.420 e. The van der Waals surface area contributed by atoms with Crippen molar-refractivity contribution >= 4 is 0 Å². The molecule has 1 atom stereocenters. The summed E-state index contributed by atoms with van der Waals surface area (Å²) in [5, 5.41) is 8.28. The molecule has 3 aromatic rings. The van der Waals surface area contributed by atoms with E-state index in [2.05, 4.69) is 20.1 Å². The third-order valence-electron chi connectivity index (χ3n) is 4.38. The molecule has 3 heterocycles. The minimum Gasteiger partial charge on any atom is -0.420 e. The highest BCUT2D eigenvalue weighted by Gasteiger charge is 2.28. The molecule has 4 rings (SSSR count). The van der Waals surface area contributed by atoms with Crippen molar-refractivity contribution in [3.05, 3.63) is 65.8 Å². The molecule has 0 aliphatic carbocycles. The van der Waals surface area contributed by atoms with Crippen molar-refractivity contribution in [2.75, 3.05) is 13.1 Å². The van der Waals surface area contributed by atoms with E-state index in [9.17, 15) is 8.78 Å². The van der Waals surface area contributed by atoms with E-state index in [0.29, 0.717) is 18.3 Å². The fourth-order valence-electron chi connectivity index (χ4n) is 3.08. The van der Waals surface area contributed by atoms with E-state index >= 15 is 0 Å². The molecule has 0 saturated carbocycles. The number of benzene rings is 1. The number of halogens is 2. The van der Waals surface area contributed by atoms with Crippen LogP contribution in [-0.2, 0) is 6.54 Å². The molecule has 1 saturated heterocycles. The van der Waals surface area contributed by atoms with Crippen LogP contribution in [0.2, 0.25) is 0 Å². The summed E-state index contributed by atoms with van der Waals surface area (Å²) >= 11 is 0. The van der Waals surface area contributed by atoms with Gasteiger partial charge in [-0.15, -0.1) is 10.2 Å². The SMILES string of the molecule is Fc1ccc(CN2CC[C@H](c3nnc(-c4ccncc4)o3)C2)cc1F. The van der Waals surface area contributed by atoms with Gasteiger partial charge in [-0.3, -0.25) is 9.88 Å². The van der Waals surface area contributed by atoms with E-state index in [1.165, 1.54) is 6.07 Å². The van der Waals surface area contributed by atoms with Gasteiger partial charge in [-0.1, -0.05) is 6.07 Å². The molecule has 5 nitrogen and oxygen atoms in total. The van der Waals surface area contributed by atoms with Gasteiger partial charge >= 0.3 is 0 Å². The normalized spacial score (nSPS) is 17.9. The third-order valence-corrected chi connectivity index (χ3v) is 4.38. The van der Waals surface area contributed by atoms with Crippen molar-refractivity contribution in [3.63, 3.8) is 0 Å². The van der Waals surface area contributed by atoms with Gasteiger partial charge in [0.05, 0.1) is 5.92 Å². The van der Waals surface area contributed by atoms with Gasteiger partial charge < -0.3 is 4.42 Å². The second-order valence-corrected chi connectivity index (χ2v) is 6.15. The number of aromatic nitrogens is 3. The third kappa shape index (κ3) is 3.41. The lowest BCUT2D eigenvalue weighted by molar-refractivity contribution is 0.319. The van der Waals surface area contributed by atoms with E-state index < -0.39 is 11.6 Å². The first-order valence-corrected chi connectivity index (χ1v) is 8.09. The lowest BCUT2D eigenvalue weighted by atomic mass is 10.1. The highest BCUT2D eigenvalue weighted by molar-refractivity contribution is 5.50. The predicted molar refractivity (Wildman–Crippen MR) is 86.5 cm³/mol. The van der Waals surface area contributed by atoms with Crippen LogP contribution in [-0.4, -0.2) is 33.2 Å². The zero-order chi connectivity index (χ0) is 17.2. The van der Waals surface area contributed by atoms with Crippen LogP contribution in [0.25, 0.3) is 11.5 Å². The van der Waals surface area contributed by atoms with Crippen LogP contribution in [0.5, 0.6) is 0 Å². The molecule has 2 aromatic heterocycles. The second kappa shape index (κ2) is 6.68. The Morgan fingerprint density at radius 3 is 2.72 bits per heavy atom. The van der Waals surface area contributed by atoms with Crippen molar-refractivity contribution < 1.29 is 13.2 Å². The summed E-state index contributed by atoms with van der Waals surface area (Å²) in [6, 6.07) is 7.66. The second-order valence-electron chi connectivity index (χ2n) is 6.15. The molecule has 0 N–H and O–H groups in total. The molecule has 7 heteroatoms. The number of rotatable bonds is 4. The van der Waals surface area contributed by atoms with Crippen molar-refractivity contribution in [2.45, 2.75) is 18.9 Å². The molecular weight excluding hydrogens is 326 g/mol. The van der Waals surface area contributed by atoms with Gasteiger partial charge in [-0.05, 0) is 42.8 Å². The minimum atomic E-state index is -0.822. The maximum atomic E-state index is 13.3. The van der Waals surface area contributed by atoms with Gasteiger partial charge in [0.2, 0.25) is 11.8 Å². The van der Waals surface area contributed by atoms with Gasteiger partial charge in [-0.2, -0.15) is 0 Å². The Morgan fingerprint density at radius 1 is 1.08 bits per heavy atom. The Bertz CT molecular complexity index is 869. The number of likely N-dealkylation sites (tertiary alicyclic amines) is 1. The number of hydrogen-bond donors (Lipinski definition) is 0. The summed E-state index contributed by atoms with van der Waals surface area (Å²) in [6.45, 7) is 2.16. The van der Waals surface area contributed by atoms with Crippen LogP contribution in [0.3, 0.4) is 0 Å². The molecule has 1 fully saturated rings. The summed E-state index contributed by atoms with van der Waals surface area (Å²) in [5.74, 6) is -0.394.